The molecule has 0 bridgehead atoms. The number of rotatable bonds is 4. The van der Waals surface area contributed by atoms with Gasteiger partial charge in [0, 0.05) is 6.54 Å². The van der Waals surface area contributed by atoms with Crippen LogP contribution in [0.2, 0.25) is 0 Å². The van der Waals surface area contributed by atoms with E-state index >= 15 is 0 Å². The zero-order valence-corrected chi connectivity index (χ0v) is 10.8. The highest BCUT2D eigenvalue weighted by Gasteiger charge is 2.21. The van der Waals surface area contributed by atoms with Gasteiger partial charge in [-0.15, -0.1) is 0 Å². The van der Waals surface area contributed by atoms with Crippen LogP contribution in [0.1, 0.15) is 25.7 Å². The molecule has 1 aromatic carbocycles. The molecule has 0 atom stereocenters. The molecule has 20 heavy (non-hydrogen) atoms. The fourth-order valence-electron chi connectivity index (χ4n) is 2.43. The Balaban J connectivity index is 2.01. The van der Waals surface area contributed by atoms with Crippen molar-refractivity contribution in [2.24, 2.45) is 5.92 Å². The highest BCUT2D eigenvalue weighted by molar-refractivity contribution is 5.51. The molecule has 0 radical (unpaired) electrons. The van der Waals surface area contributed by atoms with Crippen molar-refractivity contribution in [2.45, 2.75) is 31.8 Å². The number of non-ortho nitro benzene ring substituents is 1. The van der Waals surface area contributed by atoms with E-state index in [1.165, 1.54) is 0 Å². The van der Waals surface area contributed by atoms with Crippen molar-refractivity contribution in [2.75, 3.05) is 11.9 Å². The van der Waals surface area contributed by atoms with Gasteiger partial charge in [-0.25, -0.2) is 8.78 Å². The third kappa shape index (κ3) is 3.41. The number of hydrogen-bond donors (Lipinski definition) is 2. The van der Waals surface area contributed by atoms with E-state index in [9.17, 15) is 24.0 Å². The van der Waals surface area contributed by atoms with Crippen molar-refractivity contribution in [1.82, 2.24) is 0 Å². The fourth-order valence-corrected chi connectivity index (χ4v) is 2.43. The molecule has 5 nitrogen and oxygen atoms in total. The zero-order chi connectivity index (χ0) is 14.7. The molecule has 0 heterocycles. The fraction of sp³-hybridized carbons (Fsp3) is 0.538. The second kappa shape index (κ2) is 6.13. The van der Waals surface area contributed by atoms with E-state index in [-0.39, 0.29) is 17.7 Å². The summed E-state index contributed by atoms with van der Waals surface area (Å²) in [4.78, 5) is 9.65. The second-order valence-electron chi connectivity index (χ2n) is 5.10. The van der Waals surface area contributed by atoms with E-state index < -0.39 is 22.2 Å². The molecule has 0 spiro atoms. The topological polar surface area (TPSA) is 75.4 Å². The Morgan fingerprint density at radius 1 is 1.25 bits per heavy atom. The molecule has 7 heteroatoms. The number of halogens is 2. The van der Waals surface area contributed by atoms with Crippen molar-refractivity contribution in [3.8, 4) is 0 Å². The quantitative estimate of drug-likeness (QED) is 0.659. The van der Waals surface area contributed by atoms with Crippen molar-refractivity contribution in [1.29, 1.82) is 0 Å². The highest BCUT2D eigenvalue weighted by Crippen LogP contribution is 2.28. The third-order valence-electron chi connectivity index (χ3n) is 3.62. The van der Waals surface area contributed by atoms with Crippen LogP contribution in [-0.4, -0.2) is 22.7 Å². The smallest absolute Gasteiger partial charge is 0.275 e. The third-order valence-corrected chi connectivity index (χ3v) is 3.62. The van der Waals surface area contributed by atoms with E-state index in [0.717, 1.165) is 12.8 Å². The number of benzene rings is 1. The predicted octanol–water partition coefficient (Wildman–Crippen LogP) is 2.84. The number of nitro benzene ring substituents is 1. The summed E-state index contributed by atoms with van der Waals surface area (Å²) >= 11 is 0. The van der Waals surface area contributed by atoms with Crippen LogP contribution >= 0.6 is 0 Å². The molecule has 0 saturated heterocycles. The summed E-state index contributed by atoms with van der Waals surface area (Å²) in [5.41, 5.74) is -0.937. The summed E-state index contributed by atoms with van der Waals surface area (Å²) in [5, 5.41) is 22.5. The Hall–Kier alpha value is -1.76. The summed E-state index contributed by atoms with van der Waals surface area (Å²) in [7, 11) is 0. The minimum atomic E-state index is -0.965. The minimum Gasteiger partial charge on any atom is -0.393 e. The van der Waals surface area contributed by atoms with E-state index in [1.807, 2.05) is 0 Å². The van der Waals surface area contributed by atoms with Crippen LogP contribution in [0.3, 0.4) is 0 Å². The lowest BCUT2D eigenvalue weighted by Gasteiger charge is -2.25. The Morgan fingerprint density at radius 2 is 1.80 bits per heavy atom. The molecular formula is C13H16F2N2O3. The Morgan fingerprint density at radius 3 is 2.30 bits per heavy atom. The molecule has 1 aliphatic rings. The molecule has 1 aromatic rings. The molecule has 0 aromatic heterocycles. The van der Waals surface area contributed by atoms with Crippen LogP contribution in [0.15, 0.2) is 12.1 Å². The Bertz CT molecular complexity index is 479. The van der Waals surface area contributed by atoms with Crippen LogP contribution in [0, 0.1) is 27.7 Å². The maximum atomic E-state index is 13.6. The van der Waals surface area contributed by atoms with Gasteiger partial charge in [0.1, 0.15) is 5.69 Å². The van der Waals surface area contributed by atoms with Crippen LogP contribution in [0.25, 0.3) is 0 Å². The SMILES string of the molecule is O=[N+]([O-])c1cc(F)c(NCC2CCC(O)CC2)c(F)c1. The van der Waals surface area contributed by atoms with Crippen LogP contribution in [-0.2, 0) is 0 Å². The largest absolute Gasteiger partial charge is 0.393 e. The molecule has 2 rings (SSSR count). The van der Waals surface area contributed by atoms with Crippen molar-refractivity contribution in [3.63, 3.8) is 0 Å². The van der Waals surface area contributed by atoms with Gasteiger partial charge in [-0.3, -0.25) is 10.1 Å². The number of hydrogen-bond acceptors (Lipinski definition) is 4. The number of aliphatic hydroxyl groups excluding tert-OH is 1. The van der Waals surface area contributed by atoms with Gasteiger partial charge in [0.05, 0.1) is 23.2 Å². The number of nitrogens with one attached hydrogen (secondary N) is 1. The summed E-state index contributed by atoms with van der Waals surface area (Å²) < 4.78 is 27.3. The lowest BCUT2D eigenvalue weighted by atomic mass is 9.87. The monoisotopic (exact) mass is 286 g/mol. The normalized spacial score (nSPS) is 22.6. The number of nitro groups is 1. The first-order chi connectivity index (χ1) is 9.47. The first kappa shape index (κ1) is 14.6. The average Bonchev–Trinajstić information content (AvgIpc) is 2.39. The van der Waals surface area contributed by atoms with E-state index in [2.05, 4.69) is 5.32 Å². The maximum Gasteiger partial charge on any atom is 0.275 e. The lowest BCUT2D eigenvalue weighted by molar-refractivity contribution is -0.385. The minimum absolute atomic E-state index is 0.243. The summed E-state index contributed by atoms with van der Waals surface area (Å²) in [6.07, 6.45) is 2.70. The van der Waals surface area contributed by atoms with Gasteiger partial charge in [0.25, 0.3) is 5.69 Å². The molecule has 1 saturated carbocycles. The first-order valence-electron chi connectivity index (χ1n) is 6.52. The van der Waals surface area contributed by atoms with Gasteiger partial charge in [0.15, 0.2) is 11.6 Å². The van der Waals surface area contributed by atoms with Crippen LogP contribution < -0.4 is 5.32 Å². The Labute approximate surface area is 114 Å². The van der Waals surface area contributed by atoms with Gasteiger partial charge < -0.3 is 10.4 Å². The summed E-state index contributed by atoms with van der Waals surface area (Å²) in [6.45, 7) is 0.387. The standard InChI is InChI=1S/C13H16F2N2O3/c14-11-5-9(17(19)20)6-12(15)13(11)16-7-8-1-3-10(18)4-2-8/h5-6,8,10,16,18H,1-4,7H2. The maximum absolute atomic E-state index is 13.6. The molecular weight excluding hydrogens is 270 g/mol. The molecule has 0 aliphatic heterocycles. The van der Waals surface area contributed by atoms with Crippen LogP contribution in [0.5, 0.6) is 0 Å². The lowest BCUT2D eigenvalue weighted by Crippen LogP contribution is -2.24. The van der Waals surface area contributed by atoms with E-state index in [1.54, 1.807) is 0 Å². The molecule has 0 amide bonds. The molecule has 0 unspecified atom stereocenters. The van der Waals surface area contributed by atoms with Gasteiger partial charge in [0.2, 0.25) is 0 Å². The van der Waals surface area contributed by atoms with E-state index in [0.29, 0.717) is 31.5 Å². The van der Waals surface area contributed by atoms with Crippen molar-refractivity contribution < 1.29 is 18.8 Å². The van der Waals surface area contributed by atoms with Gasteiger partial charge >= 0.3 is 0 Å². The average molecular weight is 286 g/mol. The summed E-state index contributed by atoms with van der Waals surface area (Å²) in [5.74, 6) is -1.69. The highest BCUT2D eigenvalue weighted by atomic mass is 19.1. The second-order valence-corrected chi connectivity index (χ2v) is 5.10. The molecule has 1 fully saturated rings. The van der Waals surface area contributed by atoms with Crippen LogP contribution in [0.4, 0.5) is 20.2 Å². The molecule has 1 aliphatic carbocycles. The van der Waals surface area contributed by atoms with E-state index in [4.69, 9.17) is 0 Å². The van der Waals surface area contributed by atoms with Crippen molar-refractivity contribution in [3.05, 3.63) is 33.9 Å². The molecule has 2 N–H and O–H groups in total. The van der Waals surface area contributed by atoms with Crippen molar-refractivity contribution >= 4 is 11.4 Å². The molecule has 110 valence electrons. The zero-order valence-electron chi connectivity index (χ0n) is 10.8. The van der Waals surface area contributed by atoms with Gasteiger partial charge in [-0.2, -0.15) is 0 Å². The van der Waals surface area contributed by atoms with Gasteiger partial charge in [-0.05, 0) is 31.6 Å². The number of anilines is 1. The van der Waals surface area contributed by atoms with Gasteiger partial charge in [-0.1, -0.05) is 0 Å². The number of nitrogens with zero attached hydrogens (tertiary/aromatic N) is 1. The number of aliphatic hydroxyl groups is 1. The first-order valence-corrected chi connectivity index (χ1v) is 6.52. The summed E-state index contributed by atoms with van der Waals surface area (Å²) in [6, 6.07) is 1.41. The Kier molecular flexibility index (Phi) is 4.49. The predicted molar refractivity (Wildman–Crippen MR) is 69.5 cm³/mol.